The second kappa shape index (κ2) is 17.1. The number of nitrogen functional groups attached to an aromatic ring is 1. The molecule has 0 spiro atoms. The van der Waals surface area contributed by atoms with Crippen LogP contribution in [0.2, 0.25) is 0 Å². The van der Waals surface area contributed by atoms with Gasteiger partial charge in [-0.3, -0.25) is 0 Å². The van der Waals surface area contributed by atoms with E-state index in [1.807, 2.05) is 0 Å². The Labute approximate surface area is 219 Å². The van der Waals surface area contributed by atoms with Crippen LogP contribution >= 0.6 is 0 Å². The van der Waals surface area contributed by atoms with Crippen molar-refractivity contribution in [2.24, 2.45) is 4.40 Å². The van der Waals surface area contributed by atoms with E-state index >= 15 is 0 Å². The number of hydrogen-bond donors (Lipinski definition) is 1. The zero-order valence-electron chi connectivity index (χ0n) is 22.8. The molecule has 2 rings (SSSR count). The van der Waals surface area contributed by atoms with E-state index < -0.39 is 15.9 Å². The summed E-state index contributed by atoms with van der Waals surface area (Å²) in [4.78, 5) is -0.0399. The van der Waals surface area contributed by atoms with E-state index in [0.717, 1.165) is 18.0 Å². The van der Waals surface area contributed by atoms with Gasteiger partial charge >= 0.3 is 0 Å². The summed E-state index contributed by atoms with van der Waals surface area (Å²) in [6, 6.07) is 16.4. The van der Waals surface area contributed by atoms with Gasteiger partial charge in [-0.1, -0.05) is 88.6 Å². The number of rotatable bonds is 15. The van der Waals surface area contributed by atoms with Crippen molar-refractivity contribution in [1.82, 2.24) is 0 Å². The average molecular weight is 518 g/mol. The molecule has 0 saturated carbocycles. The summed E-state index contributed by atoms with van der Waals surface area (Å²) in [7, 11) is 0.867. The first-order valence-electron chi connectivity index (χ1n) is 13.3. The van der Waals surface area contributed by atoms with Crippen molar-refractivity contribution in [2.45, 2.75) is 89.5 Å². The predicted molar refractivity (Wildman–Crippen MR) is 150 cm³/mol. The third-order valence-corrected chi connectivity index (χ3v) is 7.36. The minimum absolute atomic E-state index is 0.0399. The molecule has 7 heteroatoms. The highest BCUT2D eigenvalue weighted by molar-refractivity contribution is 7.90. The monoisotopic (exact) mass is 517 g/mol. The Morgan fingerprint density at radius 1 is 0.833 bits per heavy atom. The van der Waals surface area contributed by atoms with Gasteiger partial charge in [-0.05, 0) is 49.9 Å². The van der Waals surface area contributed by atoms with E-state index in [-0.39, 0.29) is 4.90 Å². The number of nitrogens with zero attached hydrogens (tertiary/aromatic N) is 2. The fourth-order valence-corrected chi connectivity index (χ4v) is 4.97. The maximum Gasteiger partial charge on any atom is 0.281 e. The number of anilines is 1. The van der Waals surface area contributed by atoms with E-state index in [2.05, 4.69) is 55.7 Å². The summed E-state index contributed by atoms with van der Waals surface area (Å²) < 4.78 is 26.8. The Balaban J connectivity index is 0.000000397. The predicted octanol–water partition coefficient (Wildman–Crippen LogP) is 5.92. The maximum absolute atomic E-state index is 11.3. The average Bonchev–Trinajstić information content (AvgIpc) is 2.80. The van der Waals surface area contributed by atoms with E-state index in [1.165, 1.54) is 101 Å². The summed E-state index contributed by atoms with van der Waals surface area (Å²) in [5.41, 5.74) is 7.29. The molecule has 0 fully saturated rings. The van der Waals surface area contributed by atoms with Crippen molar-refractivity contribution < 1.29 is 18.0 Å². The molecule has 0 aliphatic heterocycles. The van der Waals surface area contributed by atoms with Crippen molar-refractivity contribution in [3.8, 4) is 0 Å². The van der Waals surface area contributed by atoms with E-state index in [0.29, 0.717) is 5.69 Å². The van der Waals surface area contributed by atoms with Crippen LogP contribution in [0.3, 0.4) is 0 Å². The normalized spacial score (nSPS) is 12.2. The fourth-order valence-electron chi connectivity index (χ4n) is 4.05. The maximum atomic E-state index is 11.3. The topological polar surface area (TPSA) is 95.6 Å². The van der Waals surface area contributed by atoms with Gasteiger partial charge in [0.15, 0.2) is 0 Å². The number of sulfonamides is 1. The fraction of sp³-hybridized carbons (Fsp3) is 0.552. The molecule has 2 aromatic carbocycles. The van der Waals surface area contributed by atoms with E-state index in [1.54, 1.807) is 0 Å². The van der Waals surface area contributed by atoms with E-state index in [4.69, 9.17) is 5.73 Å². The molecule has 0 amide bonds. The van der Waals surface area contributed by atoms with Gasteiger partial charge in [0.05, 0.1) is 25.5 Å². The van der Waals surface area contributed by atoms with Crippen LogP contribution in [0.4, 0.5) is 5.69 Å². The highest BCUT2D eigenvalue weighted by Gasteiger charge is 2.15. The highest BCUT2D eigenvalue weighted by atomic mass is 32.2. The molecule has 2 aromatic rings. The summed E-state index contributed by atoms with van der Waals surface area (Å²) in [6.45, 7) is 5.82. The molecular weight excluding hydrogens is 470 g/mol. The van der Waals surface area contributed by atoms with Crippen molar-refractivity contribution in [2.75, 3.05) is 26.4 Å². The first-order chi connectivity index (χ1) is 17.1. The zero-order valence-corrected chi connectivity index (χ0v) is 23.6. The standard InChI is InChI=1S/C21H38N.C8H10N2O3S/c1-4-5-6-7-8-9-10-11-12-16-19-22(2,3)20-21-17-14-13-15-18-21;1-6(11)10-14(12,13)8-4-2-7(9)3-5-8/h13-15,17-18H,4-12,16,19-20H2,1-3H3;2-5H,9H2,1H3,(H,10,11)/q+1;/p-1. The summed E-state index contributed by atoms with van der Waals surface area (Å²) in [5, 5.41) is 10.5. The molecule has 0 atom stereocenters. The molecule has 0 unspecified atom stereocenters. The lowest BCUT2D eigenvalue weighted by Crippen LogP contribution is -2.39. The Bertz CT molecular complexity index is 969. The Morgan fingerprint density at radius 2 is 1.33 bits per heavy atom. The zero-order chi connectivity index (χ0) is 26.9. The van der Waals surface area contributed by atoms with Crippen molar-refractivity contribution >= 4 is 21.6 Å². The minimum atomic E-state index is -3.86. The third-order valence-electron chi connectivity index (χ3n) is 6.00. The van der Waals surface area contributed by atoms with Crippen LogP contribution in [-0.4, -0.2) is 39.4 Å². The van der Waals surface area contributed by atoms with Crippen LogP contribution in [0.5, 0.6) is 0 Å². The first kappa shape index (κ1) is 31.6. The number of benzene rings is 2. The number of nitrogens with two attached hydrogens (primary N) is 1. The molecule has 0 heterocycles. The van der Waals surface area contributed by atoms with Crippen LogP contribution in [0.1, 0.15) is 83.6 Å². The lowest BCUT2D eigenvalue weighted by molar-refractivity contribution is -0.903. The van der Waals surface area contributed by atoms with Crippen LogP contribution in [0.25, 0.3) is 0 Å². The van der Waals surface area contributed by atoms with Crippen LogP contribution < -0.4 is 10.8 Å². The molecule has 0 aliphatic rings. The third kappa shape index (κ3) is 14.9. The van der Waals surface area contributed by atoms with Gasteiger partial charge in [-0.25, -0.2) is 0 Å². The molecule has 0 radical (unpaired) electrons. The Hall–Kier alpha value is -2.38. The molecule has 0 bridgehead atoms. The number of quaternary nitrogens is 1. The van der Waals surface area contributed by atoms with E-state index in [9.17, 15) is 13.5 Å². The van der Waals surface area contributed by atoms with Gasteiger partial charge in [0.25, 0.3) is 10.0 Å². The molecule has 6 nitrogen and oxygen atoms in total. The lowest BCUT2D eigenvalue weighted by atomic mass is 10.1. The van der Waals surface area contributed by atoms with Crippen molar-refractivity contribution in [3.63, 3.8) is 0 Å². The molecule has 0 aromatic heterocycles. The van der Waals surface area contributed by atoms with Gasteiger partial charge < -0.3 is 15.3 Å². The lowest BCUT2D eigenvalue weighted by Gasteiger charge is -2.30. The largest absolute Gasteiger partial charge is 0.861 e. The summed E-state index contributed by atoms with van der Waals surface area (Å²) >= 11 is 0. The minimum Gasteiger partial charge on any atom is -0.861 e. The van der Waals surface area contributed by atoms with Gasteiger partial charge in [0.1, 0.15) is 6.54 Å². The molecule has 202 valence electrons. The first-order valence-corrected chi connectivity index (χ1v) is 14.7. The second-order valence-electron chi connectivity index (χ2n) is 10.1. The van der Waals surface area contributed by atoms with Crippen LogP contribution in [0, 0.1) is 0 Å². The van der Waals surface area contributed by atoms with Crippen LogP contribution in [-0.2, 0) is 16.6 Å². The van der Waals surface area contributed by atoms with Crippen LogP contribution in [0.15, 0.2) is 63.9 Å². The SMILES string of the molecule is CC([O-])=NS(=O)(=O)c1ccc(N)cc1.CCCCCCCCCCCC[N+](C)(C)Cc1ccccc1. The molecule has 0 saturated heterocycles. The smallest absolute Gasteiger partial charge is 0.281 e. The number of unbranched alkanes of at least 4 members (excludes halogenated alkanes) is 9. The molecule has 2 N–H and O–H groups in total. The molecular formula is C29H47N3O3S. The number of hydrogen-bond acceptors (Lipinski definition) is 4. The van der Waals surface area contributed by atoms with Gasteiger partial charge in [0.2, 0.25) is 0 Å². The second-order valence-corrected chi connectivity index (χ2v) is 11.7. The molecule has 36 heavy (non-hydrogen) atoms. The van der Waals surface area contributed by atoms with Crippen molar-refractivity contribution in [3.05, 3.63) is 60.2 Å². The summed E-state index contributed by atoms with van der Waals surface area (Å²) in [6.07, 6.45) is 14.2. The van der Waals surface area contributed by atoms with Gasteiger partial charge in [-0.2, -0.15) is 12.8 Å². The van der Waals surface area contributed by atoms with Crippen molar-refractivity contribution in [1.29, 1.82) is 0 Å². The Morgan fingerprint density at radius 3 is 1.83 bits per heavy atom. The Kier molecular flexibility index (Phi) is 15.1. The highest BCUT2D eigenvalue weighted by Crippen LogP contribution is 2.15. The van der Waals surface area contributed by atoms with Gasteiger partial charge in [0, 0.05) is 11.3 Å². The summed E-state index contributed by atoms with van der Waals surface area (Å²) in [5.74, 6) is -0.748. The van der Waals surface area contributed by atoms with Gasteiger partial charge in [-0.15, -0.1) is 0 Å². The quantitative estimate of drug-likeness (QED) is 0.104. The molecule has 0 aliphatic carbocycles.